The molecule has 50 heavy (non-hydrogen) atoms. The first-order valence-electron chi connectivity index (χ1n) is 18.4. The Morgan fingerprint density at radius 1 is 1.16 bits per heavy atom. The van der Waals surface area contributed by atoms with Crippen molar-refractivity contribution in [3.63, 3.8) is 0 Å². The molecule has 2 aliphatic heterocycles. The predicted molar refractivity (Wildman–Crippen MR) is 183 cm³/mol. The summed E-state index contributed by atoms with van der Waals surface area (Å²) in [5.74, 6) is 1.47. The van der Waals surface area contributed by atoms with Gasteiger partial charge in [-0.15, -0.1) is 0 Å². The molecule has 5 aliphatic rings. The van der Waals surface area contributed by atoms with Gasteiger partial charge < -0.3 is 46.4 Å². The molecule has 2 amide bonds. The Balaban J connectivity index is 0.00000486. The van der Waals surface area contributed by atoms with Crippen LogP contribution in [0.3, 0.4) is 0 Å². The number of nitrogens with one attached hydrogen (secondary N) is 1. The van der Waals surface area contributed by atoms with Gasteiger partial charge in [-0.25, -0.2) is 9.59 Å². The Bertz CT molecular complexity index is 1490. The van der Waals surface area contributed by atoms with Crippen LogP contribution in [0.2, 0.25) is 0 Å². The Morgan fingerprint density at radius 3 is 2.60 bits per heavy atom. The number of Topliss-reactive ketones (excluding diaryl/α,β-unsaturated/α-hetero) is 2. The molecule has 2 saturated carbocycles. The summed E-state index contributed by atoms with van der Waals surface area (Å²) < 4.78 is 18.4. The van der Waals surface area contributed by atoms with Crippen molar-refractivity contribution < 1.29 is 55.4 Å². The number of amides is 2. The van der Waals surface area contributed by atoms with E-state index in [0.717, 1.165) is 48.0 Å². The van der Waals surface area contributed by atoms with E-state index >= 15 is 0 Å². The van der Waals surface area contributed by atoms with Gasteiger partial charge in [0, 0.05) is 63.2 Å². The molecule has 2 N–H and O–H groups in total. The number of nitrogens with zero attached hydrogens (tertiary/aromatic N) is 2. The van der Waals surface area contributed by atoms with Crippen LogP contribution in [-0.4, -0.2) is 102 Å². The number of hydrogen-bond acceptors (Lipinski definition) is 8. The number of unbranched alkanes of at least 4 members (excludes halogenated alkanes) is 1. The van der Waals surface area contributed by atoms with Gasteiger partial charge in [-0.05, 0) is 70.9 Å². The lowest BCUT2D eigenvalue weighted by Crippen LogP contribution is -3.00. The largest absolute Gasteiger partial charge is 1.00 e. The molecule has 12 heteroatoms. The lowest BCUT2D eigenvalue weighted by atomic mass is 9.48. The third-order valence-corrected chi connectivity index (χ3v) is 12.0. The second-order valence-corrected chi connectivity index (χ2v) is 16.8. The van der Waals surface area contributed by atoms with Gasteiger partial charge in [-0.1, -0.05) is 19.4 Å². The van der Waals surface area contributed by atoms with Gasteiger partial charge in [0.2, 0.25) is 0 Å². The summed E-state index contributed by atoms with van der Waals surface area (Å²) in [5.41, 5.74) is -0.465. The average Bonchev–Trinajstić information content (AvgIpc) is 3.76. The van der Waals surface area contributed by atoms with Crippen molar-refractivity contribution in [2.24, 2.45) is 11.8 Å². The molecule has 1 spiro atoms. The molecular weight excluding hydrogens is 662 g/mol. The number of hydrogen-bond donors (Lipinski definition) is 2. The normalized spacial score (nSPS) is 29.5. The first kappa shape index (κ1) is 38.3. The third-order valence-electron chi connectivity index (χ3n) is 12.0. The molecule has 6 rings (SSSR count). The monoisotopic (exact) mass is 717 g/mol. The number of halogens is 1. The highest BCUT2D eigenvalue weighted by Crippen LogP contribution is 2.66. The van der Waals surface area contributed by atoms with Crippen LogP contribution in [0.25, 0.3) is 0 Å². The lowest BCUT2D eigenvalue weighted by molar-refractivity contribution is -0.950. The lowest BCUT2D eigenvalue weighted by Gasteiger charge is -2.64. The van der Waals surface area contributed by atoms with Crippen LogP contribution in [-0.2, 0) is 26.2 Å². The number of aliphatic hydroxyl groups is 1. The van der Waals surface area contributed by atoms with E-state index in [1.807, 2.05) is 33.8 Å². The van der Waals surface area contributed by atoms with E-state index in [1.54, 1.807) is 13.1 Å². The highest BCUT2D eigenvalue weighted by Gasteiger charge is 2.76. The molecular formula is C38H56ClN3O8. The number of piperidine rings is 1. The highest BCUT2D eigenvalue weighted by molar-refractivity contribution is 5.90. The first-order valence-corrected chi connectivity index (χ1v) is 18.4. The van der Waals surface area contributed by atoms with Gasteiger partial charge in [-0.2, -0.15) is 0 Å². The fourth-order valence-electron chi connectivity index (χ4n) is 9.25. The van der Waals surface area contributed by atoms with Gasteiger partial charge in [0.05, 0.1) is 25.6 Å². The highest BCUT2D eigenvalue weighted by atomic mass is 35.5. The minimum atomic E-state index is -1.06. The third kappa shape index (κ3) is 7.11. The summed E-state index contributed by atoms with van der Waals surface area (Å²) in [4.78, 5) is 52.7. The van der Waals surface area contributed by atoms with E-state index in [0.29, 0.717) is 56.9 Å². The van der Waals surface area contributed by atoms with Crippen LogP contribution in [0.5, 0.6) is 11.5 Å². The number of ether oxygens (including phenoxy) is 3. The fourth-order valence-corrected chi connectivity index (χ4v) is 9.25. The first-order chi connectivity index (χ1) is 23.1. The average molecular weight is 718 g/mol. The number of carbonyl (C=O) groups is 4. The maximum atomic E-state index is 13.4. The van der Waals surface area contributed by atoms with Crippen LogP contribution in [0.1, 0.15) is 103 Å². The number of likely N-dealkylation sites (tertiary alicyclic amines) is 1. The molecule has 6 atom stereocenters. The Kier molecular flexibility index (Phi) is 10.9. The van der Waals surface area contributed by atoms with Gasteiger partial charge in [0.1, 0.15) is 23.0 Å². The van der Waals surface area contributed by atoms with Gasteiger partial charge in [-0.3, -0.25) is 9.59 Å². The SMILES string of the molecule is CC(CCCCNC(=O)OC(C)(C)C)C(=O)CCCN(C)C(=O)Oc1ccc2c3c1OC1C(=O)CCC4(O)[C@@H](C2)[N@+](C)(CC2CC2)CCC314.[Cl-]. The molecule has 1 saturated heterocycles. The maximum Gasteiger partial charge on any atom is 0.415 e. The van der Waals surface area contributed by atoms with E-state index in [4.69, 9.17) is 14.2 Å². The van der Waals surface area contributed by atoms with Crippen LogP contribution in [0, 0.1) is 11.8 Å². The molecule has 1 aromatic rings. The topological polar surface area (TPSA) is 131 Å². The van der Waals surface area contributed by atoms with Crippen molar-refractivity contribution in [3.8, 4) is 11.5 Å². The van der Waals surface area contributed by atoms with Crippen molar-refractivity contribution in [1.82, 2.24) is 10.2 Å². The van der Waals surface area contributed by atoms with Crippen LogP contribution >= 0.6 is 0 Å². The van der Waals surface area contributed by atoms with E-state index < -0.39 is 34.9 Å². The zero-order valence-corrected chi connectivity index (χ0v) is 31.4. The number of alkyl carbamates (subject to hydrolysis) is 1. The van der Waals surface area contributed by atoms with Crippen molar-refractivity contribution >= 4 is 23.8 Å². The minimum absolute atomic E-state index is 0. The number of likely N-dealkylation sites (N-methyl/N-ethyl adjacent to an activating group) is 1. The molecule has 278 valence electrons. The second-order valence-electron chi connectivity index (χ2n) is 16.8. The fraction of sp³-hybridized carbons (Fsp3) is 0.737. The zero-order chi connectivity index (χ0) is 35.4. The summed E-state index contributed by atoms with van der Waals surface area (Å²) in [6.07, 6.45) is 5.99. The Labute approximate surface area is 302 Å². The Morgan fingerprint density at radius 2 is 1.90 bits per heavy atom. The number of quaternary nitrogens is 1. The molecule has 11 nitrogen and oxygen atoms in total. The van der Waals surface area contributed by atoms with E-state index in [-0.39, 0.29) is 48.1 Å². The van der Waals surface area contributed by atoms with Crippen molar-refractivity contribution in [1.29, 1.82) is 0 Å². The van der Waals surface area contributed by atoms with Gasteiger partial charge in [0.25, 0.3) is 0 Å². The van der Waals surface area contributed by atoms with Crippen molar-refractivity contribution in [2.75, 3.05) is 40.3 Å². The van der Waals surface area contributed by atoms with Crippen LogP contribution in [0.15, 0.2) is 12.1 Å². The molecule has 0 radical (unpaired) electrons. The summed E-state index contributed by atoms with van der Waals surface area (Å²) >= 11 is 0. The number of benzene rings is 1. The van der Waals surface area contributed by atoms with Gasteiger partial charge >= 0.3 is 12.2 Å². The summed E-state index contributed by atoms with van der Waals surface area (Å²) in [7, 11) is 3.94. The number of rotatable bonds is 13. The van der Waals surface area contributed by atoms with Gasteiger partial charge in [0.15, 0.2) is 23.4 Å². The molecule has 3 fully saturated rings. The summed E-state index contributed by atoms with van der Waals surface area (Å²) in [6.45, 7) is 10.2. The quantitative estimate of drug-likeness (QED) is 0.235. The smallest absolute Gasteiger partial charge is 0.415 e. The molecule has 1 aromatic carbocycles. The van der Waals surface area contributed by atoms with E-state index in [9.17, 15) is 24.3 Å². The predicted octanol–water partition coefficient (Wildman–Crippen LogP) is 2.08. The van der Waals surface area contributed by atoms with E-state index in [2.05, 4.69) is 12.4 Å². The maximum absolute atomic E-state index is 13.4. The molecule has 2 heterocycles. The Hall–Kier alpha value is -2.89. The van der Waals surface area contributed by atoms with E-state index in [1.165, 1.54) is 17.7 Å². The number of ketones is 2. The molecule has 2 bridgehead atoms. The summed E-state index contributed by atoms with van der Waals surface area (Å²) in [6, 6.07) is 3.77. The molecule has 4 unspecified atom stereocenters. The summed E-state index contributed by atoms with van der Waals surface area (Å²) in [5, 5.41) is 15.4. The van der Waals surface area contributed by atoms with Crippen molar-refractivity contribution in [2.45, 2.75) is 127 Å². The molecule has 3 aliphatic carbocycles. The minimum Gasteiger partial charge on any atom is -1.00 e. The molecule has 0 aromatic heterocycles. The van der Waals surface area contributed by atoms with Crippen molar-refractivity contribution in [3.05, 3.63) is 23.3 Å². The zero-order valence-electron chi connectivity index (χ0n) is 30.6. The van der Waals surface area contributed by atoms with Crippen LogP contribution < -0.4 is 27.2 Å². The second kappa shape index (κ2) is 14.3. The van der Waals surface area contributed by atoms with Crippen LogP contribution in [0.4, 0.5) is 9.59 Å². The number of carbonyl (C=O) groups excluding carboxylic acids is 4. The standard InChI is InChI=1S/C38H55N3O8.ClH/c1-24(10-7-8-19-39-34(44)49-36(2,3)4)27(42)11-9-20-40(5)35(45)47-29-15-14-26-22-30-38(46)17-16-28(43)33-37(38,31(26)32(29)48-33)18-21-41(30,6)23-25-12-13-25;/h14-15,24-25,30,33,46H,7-13,16-23H2,1-6H3;1H/t24?,30-,33?,37?,38?,41+;/m1./s1.